The molecule has 0 aromatic heterocycles. The molecule has 0 aliphatic heterocycles. The van der Waals surface area contributed by atoms with E-state index in [0.717, 1.165) is 12.0 Å². The van der Waals surface area contributed by atoms with Gasteiger partial charge in [-0.1, -0.05) is 50.6 Å². The summed E-state index contributed by atoms with van der Waals surface area (Å²) in [5.74, 6) is -0.704. The van der Waals surface area contributed by atoms with E-state index in [0.29, 0.717) is 0 Å². The lowest BCUT2D eigenvalue weighted by molar-refractivity contribution is -0.126. The van der Waals surface area contributed by atoms with Crippen LogP contribution in [0.25, 0.3) is 0 Å². The Morgan fingerprint density at radius 3 is 2.39 bits per heavy atom. The third-order valence-corrected chi connectivity index (χ3v) is 3.09. The van der Waals surface area contributed by atoms with Gasteiger partial charge in [-0.05, 0) is 11.5 Å². The summed E-state index contributed by atoms with van der Waals surface area (Å²) in [7, 11) is 0. The van der Waals surface area contributed by atoms with Crippen molar-refractivity contribution in [3.63, 3.8) is 0 Å². The van der Waals surface area contributed by atoms with E-state index >= 15 is 0 Å². The molecule has 0 aliphatic carbocycles. The molecule has 1 rings (SSSR count). The highest BCUT2D eigenvalue weighted by atomic mass is 16.2. The number of carbonyl (C=O) groups is 2. The molecule has 18 heavy (non-hydrogen) atoms. The van der Waals surface area contributed by atoms with Gasteiger partial charge in [-0.15, -0.1) is 0 Å². The van der Waals surface area contributed by atoms with Crippen LogP contribution in [0.4, 0.5) is 0 Å². The Bertz CT molecular complexity index is 404. The SMILES string of the molecule is CCC(C)C(C(=O)NCC(N)=O)c1ccccc1. The third-order valence-electron chi connectivity index (χ3n) is 3.09. The number of amides is 2. The molecule has 1 aromatic rings. The maximum atomic E-state index is 12.1. The summed E-state index contributed by atoms with van der Waals surface area (Å²) >= 11 is 0. The lowest BCUT2D eigenvalue weighted by Crippen LogP contribution is -2.38. The maximum absolute atomic E-state index is 12.1. The smallest absolute Gasteiger partial charge is 0.236 e. The molecule has 98 valence electrons. The molecular formula is C14H20N2O2. The quantitative estimate of drug-likeness (QED) is 0.799. The van der Waals surface area contributed by atoms with Crippen molar-refractivity contribution in [2.24, 2.45) is 11.7 Å². The van der Waals surface area contributed by atoms with Gasteiger partial charge in [0.2, 0.25) is 11.8 Å². The standard InChI is InChI=1S/C14H20N2O2/c1-3-10(2)13(11-7-5-4-6-8-11)14(18)16-9-12(15)17/h4-8,10,13H,3,9H2,1-2H3,(H2,15,17)(H,16,18). The first-order valence-corrected chi connectivity index (χ1v) is 6.17. The van der Waals surface area contributed by atoms with Crippen LogP contribution in [0.2, 0.25) is 0 Å². The van der Waals surface area contributed by atoms with Crippen molar-refractivity contribution in [1.82, 2.24) is 5.32 Å². The molecule has 4 nitrogen and oxygen atoms in total. The molecule has 0 heterocycles. The monoisotopic (exact) mass is 248 g/mol. The summed E-state index contributed by atoms with van der Waals surface area (Å²) in [4.78, 5) is 22.8. The van der Waals surface area contributed by atoms with E-state index in [1.165, 1.54) is 0 Å². The molecule has 0 aliphatic rings. The van der Waals surface area contributed by atoms with Crippen LogP contribution >= 0.6 is 0 Å². The normalized spacial score (nSPS) is 13.7. The molecule has 0 radical (unpaired) electrons. The molecule has 0 fully saturated rings. The van der Waals surface area contributed by atoms with Gasteiger partial charge in [0.15, 0.2) is 0 Å². The number of primary amides is 1. The first-order chi connectivity index (χ1) is 8.56. The first-order valence-electron chi connectivity index (χ1n) is 6.17. The molecule has 0 saturated heterocycles. The zero-order valence-corrected chi connectivity index (χ0v) is 10.8. The number of benzene rings is 1. The Hall–Kier alpha value is -1.84. The van der Waals surface area contributed by atoms with Crippen LogP contribution in [-0.2, 0) is 9.59 Å². The minimum Gasteiger partial charge on any atom is -0.368 e. The number of nitrogens with one attached hydrogen (secondary N) is 1. The number of hydrogen-bond donors (Lipinski definition) is 2. The number of nitrogens with two attached hydrogens (primary N) is 1. The van der Waals surface area contributed by atoms with Crippen molar-refractivity contribution in [3.8, 4) is 0 Å². The van der Waals surface area contributed by atoms with Crippen molar-refractivity contribution >= 4 is 11.8 Å². The van der Waals surface area contributed by atoms with Gasteiger partial charge in [0, 0.05) is 0 Å². The largest absolute Gasteiger partial charge is 0.368 e. The highest BCUT2D eigenvalue weighted by Crippen LogP contribution is 2.26. The second kappa shape index (κ2) is 6.79. The topological polar surface area (TPSA) is 72.2 Å². The third kappa shape index (κ3) is 3.87. The molecule has 0 saturated carbocycles. The van der Waals surface area contributed by atoms with E-state index in [-0.39, 0.29) is 24.3 Å². The fourth-order valence-corrected chi connectivity index (χ4v) is 1.92. The van der Waals surface area contributed by atoms with Crippen LogP contribution in [0.15, 0.2) is 30.3 Å². The molecule has 2 atom stereocenters. The van der Waals surface area contributed by atoms with Gasteiger partial charge >= 0.3 is 0 Å². The second-order valence-electron chi connectivity index (χ2n) is 4.46. The van der Waals surface area contributed by atoms with Crippen molar-refractivity contribution in [3.05, 3.63) is 35.9 Å². The minimum atomic E-state index is -0.528. The maximum Gasteiger partial charge on any atom is 0.236 e. The van der Waals surface area contributed by atoms with Crippen molar-refractivity contribution in [2.75, 3.05) is 6.54 Å². The van der Waals surface area contributed by atoms with Crippen molar-refractivity contribution < 1.29 is 9.59 Å². The van der Waals surface area contributed by atoms with E-state index in [1.807, 2.05) is 44.2 Å². The first kappa shape index (κ1) is 14.2. The lowest BCUT2D eigenvalue weighted by atomic mass is 9.85. The number of hydrogen-bond acceptors (Lipinski definition) is 2. The molecule has 2 unspecified atom stereocenters. The fourth-order valence-electron chi connectivity index (χ4n) is 1.92. The zero-order valence-electron chi connectivity index (χ0n) is 10.8. The molecular weight excluding hydrogens is 228 g/mol. The Morgan fingerprint density at radius 2 is 1.89 bits per heavy atom. The van der Waals surface area contributed by atoms with Crippen LogP contribution in [0.3, 0.4) is 0 Å². The predicted molar refractivity (Wildman–Crippen MR) is 70.8 cm³/mol. The summed E-state index contributed by atoms with van der Waals surface area (Å²) in [6.07, 6.45) is 0.892. The van der Waals surface area contributed by atoms with E-state index in [2.05, 4.69) is 5.32 Å². The van der Waals surface area contributed by atoms with Crippen molar-refractivity contribution in [1.29, 1.82) is 0 Å². The second-order valence-corrected chi connectivity index (χ2v) is 4.46. The Balaban J connectivity index is 2.85. The zero-order chi connectivity index (χ0) is 13.5. The average Bonchev–Trinajstić information content (AvgIpc) is 2.37. The fraction of sp³-hybridized carbons (Fsp3) is 0.429. The van der Waals surface area contributed by atoms with Gasteiger partial charge in [-0.2, -0.15) is 0 Å². The van der Waals surface area contributed by atoms with E-state index in [1.54, 1.807) is 0 Å². The number of carbonyl (C=O) groups excluding carboxylic acids is 2. The van der Waals surface area contributed by atoms with Crippen molar-refractivity contribution in [2.45, 2.75) is 26.2 Å². The van der Waals surface area contributed by atoms with E-state index < -0.39 is 5.91 Å². The summed E-state index contributed by atoms with van der Waals surface area (Å²) in [5.41, 5.74) is 6.00. The Labute approximate surface area is 108 Å². The molecule has 0 spiro atoms. The number of rotatable bonds is 6. The minimum absolute atomic E-state index is 0.112. The molecule has 1 aromatic carbocycles. The Morgan fingerprint density at radius 1 is 1.28 bits per heavy atom. The molecule has 2 amide bonds. The highest BCUT2D eigenvalue weighted by Gasteiger charge is 2.25. The van der Waals surface area contributed by atoms with Gasteiger partial charge in [-0.25, -0.2) is 0 Å². The summed E-state index contributed by atoms with van der Waals surface area (Å²) in [6, 6.07) is 9.60. The van der Waals surface area contributed by atoms with Crippen LogP contribution in [-0.4, -0.2) is 18.4 Å². The van der Waals surface area contributed by atoms with Gasteiger partial charge in [-0.3, -0.25) is 9.59 Å². The summed E-state index contributed by atoms with van der Waals surface area (Å²) < 4.78 is 0. The van der Waals surface area contributed by atoms with Gasteiger partial charge in [0.1, 0.15) is 0 Å². The molecule has 0 bridgehead atoms. The summed E-state index contributed by atoms with van der Waals surface area (Å²) in [5, 5.41) is 2.58. The summed E-state index contributed by atoms with van der Waals surface area (Å²) in [6.45, 7) is 3.96. The van der Waals surface area contributed by atoms with Crippen LogP contribution < -0.4 is 11.1 Å². The predicted octanol–water partition coefficient (Wildman–Crippen LogP) is 1.42. The Kier molecular flexibility index (Phi) is 5.36. The lowest BCUT2D eigenvalue weighted by Gasteiger charge is -2.22. The van der Waals surface area contributed by atoms with Crippen LogP contribution in [0, 0.1) is 5.92 Å². The van der Waals surface area contributed by atoms with Gasteiger partial charge in [0.25, 0.3) is 0 Å². The van der Waals surface area contributed by atoms with E-state index in [9.17, 15) is 9.59 Å². The average molecular weight is 248 g/mol. The van der Waals surface area contributed by atoms with E-state index in [4.69, 9.17) is 5.73 Å². The van der Waals surface area contributed by atoms with Gasteiger partial charge < -0.3 is 11.1 Å². The van der Waals surface area contributed by atoms with Crippen LogP contribution in [0.5, 0.6) is 0 Å². The van der Waals surface area contributed by atoms with Crippen LogP contribution in [0.1, 0.15) is 31.7 Å². The highest BCUT2D eigenvalue weighted by molar-refractivity contribution is 5.88. The molecule has 4 heteroatoms. The van der Waals surface area contributed by atoms with Gasteiger partial charge in [0.05, 0.1) is 12.5 Å². The molecule has 3 N–H and O–H groups in total.